The van der Waals surface area contributed by atoms with Gasteiger partial charge in [-0.3, -0.25) is 14.6 Å². The number of nitrogens with two attached hydrogens (primary N) is 3. The maximum atomic E-state index is 14.8. The number of halogens is 1. The number of nitrogens with one attached hydrogen (secondary N) is 1. The van der Waals surface area contributed by atoms with Crippen LogP contribution in [0.2, 0.25) is 0 Å². The second-order valence-electron chi connectivity index (χ2n) is 7.73. The van der Waals surface area contributed by atoms with Crippen LogP contribution in [0.1, 0.15) is 34.3 Å². The maximum Gasteiger partial charge on any atom is 0.255 e. The van der Waals surface area contributed by atoms with E-state index in [4.69, 9.17) is 26.7 Å². The molecule has 0 bridgehead atoms. The van der Waals surface area contributed by atoms with Crippen molar-refractivity contribution < 1.29 is 23.5 Å². The minimum absolute atomic E-state index is 0.0689. The van der Waals surface area contributed by atoms with Gasteiger partial charge < -0.3 is 32.0 Å². The van der Waals surface area contributed by atoms with E-state index in [1.165, 1.54) is 19.2 Å². The van der Waals surface area contributed by atoms with Crippen LogP contribution in [0.15, 0.2) is 53.0 Å². The lowest BCUT2D eigenvalue weighted by molar-refractivity contribution is -0.114. The number of amidine groups is 1. The summed E-state index contributed by atoms with van der Waals surface area (Å²) in [4.78, 5) is 28.8. The highest BCUT2D eigenvalue weighted by Gasteiger charge is 2.20. The molecule has 1 fully saturated rings. The lowest BCUT2D eigenvalue weighted by Gasteiger charge is -2.19. The molecular formula is C24H28FN5O4. The van der Waals surface area contributed by atoms with Crippen molar-refractivity contribution in [2.45, 2.75) is 25.4 Å². The van der Waals surface area contributed by atoms with E-state index in [-0.39, 0.29) is 40.8 Å². The Bertz CT molecular complexity index is 1130. The van der Waals surface area contributed by atoms with Crippen molar-refractivity contribution in [1.82, 2.24) is 5.32 Å². The van der Waals surface area contributed by atoms with Crippen LogP contribution in [0, 0.1) is 5.82 Å². The van der Waals surface area contributed by atoms with Gasteiger partial charge in [0.2, 0.25) is 0 Å². The topological polar surface area (TPSA) is 155 Å². The molecule has 2 aromatic rings. The van der Waals surface area contributed by atoms with Gasteiger partial charge >= 0.3 is 0 Å². The zero-order valence-corrected chi connectivity index (χ0v) is 18.8. The first-order valence-corrected chi connectivity index (χ1v) is 10.7. The third-order valence-electron chi connectivity index (χ3n) is 5.38. The Labute approximate surface area is 196 Å². The van der Waals surface area contributed by atoms with Gasteiger partial charge in [0.05, 0.1) is 31.0 Å². The van der Waals surface area contributed by atoms with Crippen LogP contribution in [0.4, 0.5) is 4.39 Å². The highest BCUT2D eigenvalue weighted by atomic mass is 19.1. The number of benzene rings is 2. The molecule has 180 valence electrons. The van der Waals surface area contributed by atoms with Crippen LogP contribution < -0.4 is 27.3 Å². The number of primary amides is 1. The molecule has 1 atom stereocenters. The minimum Gasteiger partial charge on any atom is -0.496 e. The molecule has 2 aromatic carbocycles. The minimum atomic E-state index is -0.871. The largest absolute Gasteiger partial charge is 0.496 e. The molecule has 2 amide bonds. The van der Waals surface area contributed by atoms with Crippen LogP contribution in [0.3, 0.4) is 0 Å². The van der Waals surface area contributed by atoms with Gasteiger partial charge in [-0.25, -0.2) is 4.39 Å². The Morgan fingerprint density at radius 1 is 1.21 bits per heavy atom. The quantitative estimate of drug-likeness (QED) is 0.261. The van der Waals surface area contributed by atoms with Gasteiger partial charge in [0.1, 0.15) is 23.0 Å². The molecule has 0 aromatic heterocycles. The summed E-state index contributed by atoms with van der Waals surface area (Å²) in [5.74, 6) is -1.61. The van der Waals surface area contributed by atoms with Crippen LogP contribution in [-0.4, -0.2) is 44.0 Å². The van der Waals surface area contributed by atoms with Crippen LogP contribution in [0.25, 0.3) is 5.70 Å². The second kappa shape index (κ2) is 11.3. The van der Waals surface area contributed by atoms with Gasteiger partial charge in [0.15, 0.2) is 0 Å². The van der Waals surface area contributed by atoms with Gasteiger partial charge in [-0.1, -0.05) is 24.3 Å². The summed E-state index contributed by atoms with van der Waals surface area (Å²) < 4.78 is 25.3. The van der Waals surface area contributed by atoms with Crippen molar-refractivity contribution in [2.24, 2.45) is 22.2 Å². The lowest BCUT2D eigenvalue weighted by Crippen LogP contribution is -2.32. The van der Waals surface area contributed by atoms with E-state index in [1.807, 2.05) is 0 Å². The summed E-state index contributed by atoms with van der Waals surface area (Å²) in [6, 6.07) is 10.6. The molecule has 3 rings (SSSR count). The van der Waals surface area contributed by atoms with Crippen molar-refractivity contribution in [2.75, 3.05) is 20.3 Å². The average Bonchev–Trinajstić information content (AvgIpc) is 2.83. The number of methoxy groups -OCH3 is 1. The Hall–Kier alpha value is -3.92. The summed E-state index contributed by atoms with van der Waals surface area (Å²) in [7, 11) is 1.46. The number of rotatable bonds is 8. The van der Waals surface area contributed by atoms with Crippen molar-refractivity contribution in [3.63, 3.8) is 0 Å². The maximum absolute atomic E-state index is 14.8. The fourth-order valence-corrected chi connectivity index (χ4v) is 3.59. The van der Waals surface area contributed by atoms with Crippen molar-refractivity contribution in [3.8, 4) is 5.75 Å². The summed E-state index contributed by atoms with van der Waals surface area (Å²) in [5.41, 5.74) is 18.1. The van der Waals surface area contributed by atoms with E-state index in [0.717, 1.165) is 18.9 Å². The molecule has 7 N–H and O–H groups in total. The highest BCUT2D eigenvalue weighted by molar-refractivity contribution is 6.24. The smallest absolute Gasteiger partial charge is 0.255 e. The van der Waals surface area contributed by atoms with Gasteiger partial charge in [-0.2, -0.15) is 0 Å². The van der Waals surface area contributed by atoms with Gasteiger partial charge in [-0.05, 0) is 31.0 Å². The van der Waals surface area contributed by atoms with Crippen molar-refractivity contribution >= 4 is 23.3 Å². The van der Waals surface area contributed by atoms with Crippen molar-refractivity contribution in [1.29, 1.82) is 0 Å². The number of nitrogens with zero attached hydrogens (tertiary/aromatic N) is 1. The summed E-state index contributed by atoms with van der Waals surface area (Å²) >= 11 is 0. The molecule has 1 heterocycles. The van der Waals surface area contributed by atoms with Crippen molar-refractivity contribution in [3.05, 3.63) is 70.5 Å². The summed E-state index contributed by atoms with van der Waals surface area (Å²) in [6.45, 7) is 0.967. The summed E-state index contributed by atoms with van der Waals surface area (Å²) in [5, 5.41) is 2.66. The van der Waals surface area contributed by atoms with E-state index < -0.39 is 17.6 Å². The average molecular weight is 470 g/mol. The molecule has 1 aliphatic rings. The van der Waals surface area contributed by atoms with E-state index in [9.17, 15) is 14.0 Å². The number of carbonyl (C=O) groups excluding carboxylic acids is 2. The Morgan fingerprint density at radius 3 is 2.62 bits per heavy atom. The van der Waals surface area contributed by atoms with E-state index in [1.54, 1.807) is 24.3 Å². The SMILES string of the molecule is COc1ccccc1C(=O)NCc1ccc(C(N)=C(C(N)=O)C(N)=NC2CCCOC2)cc1F. The first kappa shape index (κ1) is 24.7. The summed E-state index contributed by atoms with van der Waals surface area (Å²) in [6.07, 6.45) is 1.59. The van der Waals surface area contributed by atoms with E-state index in [0.29, 0.717) is 24.5 Å². The molecule has 1 saturated heterocycles. The predicted octanol–water partition coefficient (Wildman–Crippen LogP) is 1.46. The zero-order chi connectivity index (χ0) is 24.7. The first-order valence-electron chi connectivity index (χ1n) is 10.7. The molecule has 0 radical (unpaired) electrons. The normalized spacial score (nSPS) is 17.0. The molecule has 0 saturated carbocycles. The number of aliphatic imine (C=N–C) groups is 1. The molecule has 10 heteroatoms. The molecular weight excluding hydrogens is 441 g/mol. The number of hydrogen-bond acceptors (Lipinski definition) is 6. The Morgan fingerprint density at radius 2 is 1.97 bits per heavy atom. The monoisotopic (exact) mass is 469 g/mol. The third kappa shape index (κ3) is 5.90. The molecule has 0 aliphatic carbocycles. The van der Waals surface area contributed by atoms with E-state index >= 15 is 0 Å². The molecule has 1 aliphatic heterocycles. The fourth-order valence-electron chi connectivity index (χ4n) is 3.59. The molecule has 34 heavy (non-hydrogen) atoms. The number of carbonyl (C=O) groups is 2. The molecule has 1 unspecified atom stereocenters. The number of amides is 2. The predicted molar refractivity (Wildman–Crippen MR) is 126 cm³/mol. The molecule has 0 spiro atoms. The zero-order valence-electron chi connectivity index (χ0n) is 18.8. The van der Waals surface area contributed by atoms with Gasteiger partial charge in [0, 0.05) is 24.3 Å². The van der Waals surface area contributed by atoms with Crippen LogP contribution in [-0.2, 0) is 16.1 Å². The standard InChI is InChI=1S/C24H28FN5O4/c1-33-19-7-3-2-6-17(19)24(32)29-12-15-9-8-14(11-18(15)25)21(26)20(23(28)31)22(27)30-16-5-4-10-34-13-16/h2-3,6-9,11,16H,4-5,10,12-13,26H2,1H3,(H2,27,30)(H2,28,31)(H,29,32). The van der Waals surface area contributed by atoms with Crippen LogP contribution >= 0.6 is 0 Å². The number of hydrogen-bond donors (Lipinski definition) is 4. The molecule has 9 nitrogen and oxygen atoms in total. The lowest BCUT2D eigenvalue weighted by atomic mass is 10.0. The van der Waals surface area contributed by atoms with Gasteiger partial charge in [0.25, 0.3) is 11.8 Å². The second-order valence-corrected chi connectivity index (χ2v) is 7.73. The highest BCUT2D eigenvalue weighted by Crippen LogP contribution is 2.20. The fraction of sp³-hybridized carbons (Fsp3) is 0.292. The number of ether oxygens (including phenoxy) is 2. The van der Waals surface area contributed by atoms with Gasteiger partial charge in [-0.15, -0.1) is 0 Å². The number of para-hydroxylation sites is 1. The Balaban J connectivity index is 1.79. The third-order valence-corrected chi connectivity index (χ3v) is 5.38. The van der Waals surface area contributed by atoms with E-state index in [2.05, 4.69) is 10.3 Å². The first-order chi connectivity index (χ1) is 16.3. The van der Waals surface area contributed by atoms with Crippen LogP contribution in [0.5, 0.6) is 5.75 Å². The Kier molecular flexibility index (Phi) is 8.20.